The summed E-state index contributed by atoms with van der Waals surface area (Å²) in [4.78, 5) is 26.4. The second kappa shape index (κ2) is 8.66. The maximum atomic E-state index is 13.4. The molecule has 0 saturated carbocycles. The van der Waals surface area contributed by atoms with Crippen molar-refractivity contribution < 1.29 is 9.53 Å². The summed E-state index contributed by atoms with van der Waals surface area (Å²) in [5.41, 5.74) is 2.82. The van der Waals surface area contributed by atoms with Crippen molar-refractivity contribution in [3.63, 3.8) is 0 Å². The number of benzene rings is 2. The Labute approximate surface area is 185 Å². The van der Waals surface area contributed by atoms with Crippen LogP contribution in [-0.4, -0.2) is 32.6 Å². The van der Waals surface area contributed by atoms with Gasteiger partial charge in [0.1, 0.15) is 11.8 Å². The molecule has 0 aliphatic heterocycles. The second-order valence-corrected chi connectivity index (χ2v) is 7.54. The van der Waals surface area contributed by atoms with Crippen LogP contribution in [0.4, 0.5) is 5.69 Å². The van der Waals surface area contributed by atoms with Crippen molar-refractivity contribution in [3.05, 3.63) is 76.3 Å². The molecular formula is C24H25N5O3. The number of methoxy groups -OCH3 is 1. The maximum Gasteiger partial charge on any atom is 0.295 e. The number of nitrogens with zero attached hydrogens (tertiary/aromatic N) is 4. The average Bonchev–Trinajstić information content (AvgIpc) is 3.16. The van der Waals surface area contributed by atoms with E-state index < -0.39 is 11.6 Å². The summed E-state index contributed by atoms with van der Waals surface area (Å²) in [6.45, 7) is 5.58. The fourth-order valence-corrected chi connectivity index (χ4v) is 3.88. The minimum atomic E-state index is -0.779. The first-order chi connectivity index (χ1) is 15.4. The minimum absolute atomic E-state index is 0.298. The van der Waals surface area contributed by atoms with E-state index in [1.807, 2.05) is 51.1 Å². The summed E-state index contributed by atoms with van der Waals surface area (Å²) < 4.78 is 8.19. The van der Waals surface area contributed by atoms with Gasteiger partial charge in [0.15, 0.2) is 5.52 Å². The van der Waals surface area contributed by atoms with Crippen LogP contribution in [0.2, 0.25) is 0 Å². The highest BCUT2D eigenvalue weighted by molar-refractivity contribution is 5.94. The lowest BCUT2D eigenvalue weighted by Crippen LogP contribution is -2.35. The van der Waals surface area contributed by atoms with Crippen molar-refractivity contribution >= 4 is 22.5 Å². The van der Waals surface area contributed by atoms with Crippen LogP contribution < -0.4 is 15.6 Å². The van der Waals surface area contributed by atoms with E-state index in [1.165, 1.54) is 4.68 Å². The number of amides is 1. The number of carbonyl (C=O) groups is 1. The lowest BCUT2D eigenvalue weighted by atomic mass is 10.1. The van der Waals surface area contributed by atoms with Gasteiger partial charge in [-0.25, -0.2) is 9.36 Å². The van der Waals surface area contributed by atoms with E-state index in [9.17, 15) is 9.59 Å². The summed E-state index contributed by atoms with van der Waals surface area (Å²) in [5.74, 6) is 0.304. The molecule has 0 unspecified atom stereocenters. The van der Waals surface area contributed by atoms with Gasteiger partial charge in [-0.1, -0.05) is 31.2 Å². The highest BCUT2D eigenvalue weighted by Crippen LogP contribution is 2.23. The third kappa shape index (κ3) is 3.75. The quantitative estimate of drug-likeness (QED) is 0.501. The molecule has 2 aromatic carbocycles. The summed E-state index contributed by atoms with van der Waals surface area (Å²) in [6, 6.07) is 15.9. The van der Waals surface area contributed by atoms with Gasteiger partial charge in [-0.05, 0) is 44.5 Å². The number of ether oxygens (including phenoxy) is 1. The predicted octanol–water partition coefficient (Wildman–Crippen LogP) is 3.80. The van der Waals surface area contributed by atoms with Crippen molar-refractivity contribution in [1.29, 1.82) is 0 Å². The molecule has 2 aromatic heterocycles. The molecule has 0 spiro atoms. The Kier molecular flexibility index (Phi) is 5.77. The lowest BCUT2D eigenvalue weighted by Gasteiger charge is -2.17. The molecule has 0 aliphatic rings. The molecule has 2 heterocycles. The van der Waals surface area contributed by atoms with E-state index in [4.69, 9.17) is 4.74 Å². The summed E-state index contributed by atoms with van der Waals surface area (Å²) in [6.07, 6.45) is 0.395. The largest absolute Gasteiger partial charge is 0.497 e. The van der Waals surface area contributed by atoms with Crippen LogP contribution in [-0.2, 0) is 4.79 Å². The normalized spacial score (nSPS) is 12.0. The first-order valence-corrected chi connectivity index (χ1v) is 10.4. The number of aryl methyl sites for hydroxylation is 2. The van der Waals surface area contributed by atoms with Gasteiger partial charge >= 0.3 is 0 Å². The van der Waals surface area contributed by atoms with Crippen LogP contribution in [0.15, 0.2) is 59.4 Å². The van der Waals surface area contributed by atoms with Crippen LogP contribution in [0.1, 0.15) is 30.8 Å². The monoisotopic (exact) mass is 431 g/mol. The number of hydrogen-bond donors (Lipinski definition) is 1. The molecule has 0 bridgehead atoms. The summed E-state index contributed by atoms with van der Waals surface area (Å²) >= 11 is 0. The molecule has 0 fully saturated rings. The van der Waals surface area contributed by atoms with Gasteiger partial charge in [0.05, 0.1) is 29.6 Å². The van der Waals surface area contributed by atoms with Gasteiger partial charge in [-0.15, -0.1) is 0 Å². The summed E-state index contributed by atoms with van der Waals surface area (Å²) in [7, 11) is 1.56. The highest BCUT2D eigenvalue weighted by atomic mass is 16.5. The number of rotatable bonds is 6. The molecule has 1 atom stereocenters. The maximum absolute atomic E-state index is 13.4. The fourth-order valence-electron chi connectivity index (χ4n) is 3.88. The molecule has 4 aromatic rings. The number of hydrogen-bond acceptors (Lipinski definition) is 5. The Hall–Kier alpha value is -3.94. The standard InChI is InChI=1S/C24H25N5O3/c1-5-20(23(30)25-17-10-9-13-19(14-17)32-4)29-24(31)22-21(15(2)26-29)16(3)28(27-22)18-11-7-6-8-12-18/h6-14,20H,5H2,1-4H3,(H,25,30)/t20-/m1/s1. The number of fused-ring (bicyclic) bond motifs is 1. The molecule has 0 aliphatic carbocycles. The number of para-hydroxylation sites is 1. The molecule has 1 amide bonds. The van der Waals surface area contributed by atoms with Crippen LogP contribution in [0.5, 0.6) is 5.75 Å². The van der Waals surface area contributed by atoms with Gasteiger partial charge in [0, 0.05) is 11.8 Å². The van der Waals surface area contributed by atoms with Crippen molar-refractivity contribution in [2.24, 2.45) is 0 Å². The Morgan fingerprint density at radius 3 is 2.53 bits per heavy atom. The van der Waals surface area contributed by atoms with Crippen LogP contribution in [0.25, 0.3) is 16.6 Å². The third-order valence-corrected chi connectivity index (χ3v) is 5.47. The first kappa shape index (κ1) is 21.3. The van der Waals surface area contributed by atoms with Gasteiger partial charge in [0.2, 0.25) is 5.91 Å². The molecule has 4 rings (SSSR count). The Bertz CT molecular complexity index is 1340. The molecular weight excluding hydrogens is 406 g/mol. The smallest absolute Gasteiger partial charge is 0.295 e. The molecule has 0 saturated heterocycles. The second-order valence-electron chi connectivity index (χ2n) is 7.54. The molecule has 0 radical (unpaired) electrons. The summed E-state index contributed by atoms with van der Waals surface area (Å²) in [5, 5.41) is 12.6. The third-order valence-electron chi connectivity index (χ3n) is 5.47. The van der Waals surface area contributed by atoms with Crippen LogP contribution in [0, 0.1) is 13.8 Å². The molecule has 164 valence electrons. The van der Waals surface area contributed by atoms with Gasteiger partial charge < -0.3 is 10.1 Å². The van der Waals surface area contributed by atoms with Crippen molar-refractivity contribution in [2.75, 3.05) is 12.4 Å². The lowest BCUT2D eigenvalue weighted by molar-refractivity contribution is -0.119. The van der Waals surface area contributed by atoms with Crippen molar-refractivity contribution in [2.45, 2.75) is 33.2 Å². The zero-order valence-electron chi connectivity index (χ0n) is 18.5. The van der Waals surface area contributed by atoms with Crippen LogP contribution >= 0.6 is 0 Å². The highest BCUT2D eigenvalue weighted by Gasteiger charge is 2.25. The molecule has 1 N–H and O–H groups in total. The number of carbonyl (C=O) groups excluding carboxylic acids is 1. The topological polar surface area (TPSA) is 91.0 Å². The zero-order valence-corrected chi connectivity index (χ0v) is 18.5. The van der Waals surface area contributed by atoms with E-state index in [2.05, 4.69) is 15.5 Å². The molecule has 8 nitrogen and oxygen atoms in total. The number of anilines is 1. The average molecular weight is 431 g/mol. The van der Waals surface area contributed by atoms with Gasteiger partial charge in [0.25, 0.3) is 5.56 Å². The van der Waals surface area contributed by atoms with E-state index in [0.29, 0.717) is 34.5 Å². The Morgan fingerprint density at radius 1 is 1.09 bits per heavy atom. The van der Waals surface area contributed by atoms with E-state index in [-0.39, 0.29) is 5.91 Å². The fraction of sp³-hybridized carbons (Fsp3) is 0.250. The van der Waals surface area contributed by atoms with Crippen molar-refractivity contribution in [3.8, 4) is 11.4 Å². The minimum Gasteiger partial charge on any atom is -0.497 e. The van der Waals surface area contributed by atoms with Crippen molar-refractivity contribution in [1.82, 2.24) is 19.6 Å². The number of nitrogens with one attached hydrogen (secondary N) is 1. The van der Waals surface area contributed by atoms with Gasteiger partial charge in [-0.2, -0.15) is 10.2 Å². The SMILES string of the molecule is CC[C@H](C(=O)Nc1cccc(OC)c1)n1nc(C)c2c(C)n(-c3ccccc3)nc2c1=O. The Morgan fingerprint density at radius 2 is 1.84 bits per heavy atom. The van der Waals surface area contributed by atoms with E-state index in [1.54, 1.807) is 36.1 Å². The van der Waals surface area contributed by atoms with Crippen LogP contribution in [0.3, 0.4) is 0 Å². The number of aromatic nitrogens is 4. The Balaban J connectivity index is 1.76. The van der Waals surface area contributed by atoms with E-state index >= 15 is 0 Å². The molecule has 8 heteroatoms. The molecule has 32 heavy (non-hydrogen) atoms. The first-order valence-electron chi connectivity index (χ1n) is 10.4. The van der Waals surface area contributed by atoms with E-state index in [0.717, 1.165) is 11.4 Å². The predicted molar refractivity (Wildman–Crippen MR) is 124 cm³/mol. The van der Waals surface area contributed by atoms with Gasteiger partial charge in [-0.3, -0.25) is 9.59 Å². The zero-order chi connectivity index (χ0) is 22.8.